The first-order valence-corrected chi connectivity index (χ1v) is 4.60. The summed E-state index contributed by atoms with van der Waals surface area (Å²) in [6, 6.07) is -1.39. The number of carbonyl (C=O) groups is 2. The van der Waals surface area contributed by atoms with Gasteiger partial charge in [0, 0.05) is 6.54 Å². The van der Waals surface area contributed by atoms with Gasteiger partial charge < -0.3 is 20.9 Å². The molecular formula is C8H17N3O4. The SMILES string of the molecule is CC(NCCOCCO)C(=O)NC(N)=O. The Kier molecular flexibility index (Phi) is 7.51. The first-order chi connectivity index (χ1) is 7.07. The number of hydrogen-bond donors (Lipinski definition) is 4. The van der Waals surface area contributed by atoms with Crippen LogP contribution in [0.4, 0.5) is 4.79 Å². The Bertz CT molecular complexity index is 210. The first-order valence-electron chi connectivity index (χ1n) is 4.60. The molecule has 0 aromatic heterocycles. The number of imide groups is 1. The van der Waals surface area contributed by atoms with Gasteiger partial charge in [0.25, 0.3) is 0 Å². The third-order valence-corrected chi connectivity index (χ3v) is 1.57. The van der Waals surface area contributed by atoms with Crippen LogP contribution in [0.5, 0.6) is 0 Å². The number of ether oxygens (including phenoxy) is 1. The molecule has 1 atom stereocenters. The third kappa shape index (κ3) is 7.86. The Morgan fingerprint density at radius 1 is 1.47 bits per heavy atom. The molecule has 0 saturated carbocycles. The van der Waals surface area contributed by atoms with Crippen molar-refractivity contribution in [1.82, 2.24) is 10.6 Å². The minimum atomic E-state index is -0.870. The lowest BCUT2D eigenvalue weighted by molar-refractivity contribution is -0.121. The number of amides is 3. The van der Waals surface area contributed by atoms with Crippen molar-refractivity contribution in [3.05, 3.63) is 0 Å². The monoisotopic (exact) mass is 219 g/mol. The van der Waals surface area contributed by atoms with Crippen molar-refractivity contribution in [3.63, 3.8) is 0 Å². The number of nitrogens with one attached hydrogen (secondary N) is 2. The van der Waals surface area contributed by atoms with Gasteiger partial charge in [-0.3, -0.25) is 10.1 Å². The molecule has 7 heteroatoms. The molecule has 3 amide bonds. The van der Waals surface area contributed by atoms with Crippen LogP contribution in [-0.4, -0.2) is 49.5 Å². The second-order valence-electron chi connectivity index (χ2n) is 2.87. The van der Waals surface area contributed by atoms with Crippen LogP contribution in [-0.2, 0) is 9.53 Å². The van der Waals surface area contributed by atoms with Gasteiger partial charge in [0.1, 0.15) is 0 Å². The third-order valence-electron chi connectivity index (χ3n) is 1.57. The van der Waals surface area contributed by atoms with E-state index < -0.39 is 18.0 Å². The van der Waals surface area contributed by atoms with Crippen LogP contribution in [0.2, 0.25) is 0 Å². The largest absolute Gasteiger partial charge is 0.394 e. The Morgan fingerprint density at radius 2 is 2.13 bits per heavy atom. The average Bonchev–Trinajstić information content (AvgIpc) is 2.16. The van der Waals surface area contributed by atoms with Gasteiger partial charge in [-0.05, 0) is 6.92 Å². The molecule has 0 aromatic rings. The van der Waals surface area contributed by atoms with E-state index in [1.165, 1.54) is 0 Å². The van der Waals surface area contributed by atoms with E-state index in [0.29, 0.717) is 13.2 Å². The second-order valence-corrected chi connectivity index (χ2v) is 2.87. The zero-order chi connectivity index (χ0) is 11.7. The number of urea groups is 1. The Balaban J connectivity index is 3.51. The molecule has 0 fully saturated rings. The fraction of sp³-hybridized carbons (Fsp3) is 0.750. The molecule has 0 saturated heterocycles. The predicted octanol–water partition coefficient (Wildman–Crippen LogP) is -1.83. The topological polar surface area (TPSA) is 114 Å². The minimum Gasteiger partial charge on any atom is -0.394 e. The molecule has 0 spiro atoms. The highest BCUT2D eigenvalue weighted by molar-refractivity contribution is 5.96. The van der Waals surface area contributed by atoms with E-state index in [1.54, 1.807) is 6.92 Å². The summed E-state index contributed by atoms with van der Waals surface area (Å²) in [6.07, 6.45) is 0. The molecule has 0 aliphatic rings. The summed E-state index contributed by atoms with van der Waals surface area (Å²) in [4.78, 5) is 21.5. The molecule has 0 bridgehead atoms. The van der Waals surface area contributed by atoms with Crippen molar-refractivity contribution in [3.8, 4) is 0 Å². The molecule has 88 valence electrons. The second kappa shape index (κ2) is 8.16. The number of aliphatic hydroxyl groups is 1. The van der Waals surface area contributed by atoms with E-state index >= 15 is 0 Å². The van der Waals surface area contributed by atoms with Gasteiger partial charge in [-0.1, -0.05) is 0 Å². The zero-order valence-corrected chi connectivity index (χ0v) is 8.66. The van der Waals surface area contributed by atoms with Crippen LogP contribution >= 0.6 is 0 Å². The summed E-state index contributed by atoms with van der Waals surface area (Å²) in [6.45, 7) is 2.67. The van der Waals surface area contributed by atoms with E-state index in [9.17, 15) is 9.59 Å². The predicted molar refractivity (Wildman–Crippen MR) is 53.1 cm³/mol. The number of hydrogen-bond acceptors (Lipinski definition) is 5. The van der Waals surface area contributed by atoms with Gasteiger partial charge in [-0.25, -0.2) is 4.79 Å². The molecule has 5 N–H and O–H groups in total. The Labute approximate surface area is 88.0 Å². The maximum absolute atomic E-state index is 11.1. The van der Waals surface area contributed by atoms with Crippen molar-refractivity contribution < 1.29 is 19.4 Å². The quantitative estimate of drug-likeness (QED) is 0.376. The maximum atomic E-state index is 11.1. The summed E-state index contributed by atoms with van der Waals surface area (Å²) in [5, 5.41) is 13.2. The van der Waals surface area contributed by atoms with Crippen LogP contribution < -0.4 is 16.4 Å². The van der Waals surface area contributed by atoms with E-state index in [2.05, 4.69) is 5.32 Å². The zero-order valence-electron chi connectivity index (χ0n) is 8.66. The molecule has 15 heavy (non-hydrogen) atoms. The maximum Gasteiger partial charge on any atom is 0.318 e. The van der Waals surface area contributed by atoms with Gasteiger partial charge in [0.2, 0.25) is 5.91 Å². The standard InChI is InChI=1S/C8H17N3O4/c1-6(7(13)11-8(9)14)10-2-4-15-5-3-12/h6,10,12H,2-5H2,1H3,(H3,9,11,13,14). The highest BCUT2D eigenvalue weighted by atomic mass is 16.5. The van der Waals surface area contributed by atoms with E-state index in [4.69, 9.17) is 15.6 Å². The lowest BCUT2D eigenvalue weighted by atomic mass is 10.3. The van der Waals surface area contributed by atoms with Crippen LogP contribution in [0, 0.1) is 0 Å². The van der Waals surface area contributed by atoms with Crippen molar-refractivity contribution in [2.75, 3.05) is 26.4 Å². The van der Waals surface area contributed by atoms with Crippen LogP contribution in [0.25, 0.3) is 0 Å². The smallest absolute Gasteiger partial charge is 0.318 e. The Morgan fingerprint density at radius 3 is 2.67 bits per heavy atom. The van der Waals surface area contributed by atoms with E-state index in [0.717, 1.165) is 0 Å². The van der Waals surface area contributed by atoms with Gasteiger partial charge in [-0.15, -0.1) is 0 Å². The number of carbonyl (C=O) groups excluding carboxylic acids is 2. The van der Waals surface area contributed by atoms with E-state index in [1.807, 2.05) is 5.32 Å². The van der Waals surface area contributed by atoms with Crippen molar-refractivity contribution >= 4 is 11.9 Å². The fourth-order valence-electron chi connectivity index (χ4n) is 0.837. The lowest BCUT2D eigenvalue weighted by Crippen LogP contribution is -2.47. The molecule has 0 rings (SSSR count). The summed E-state index contributed by atoms with van der Waals surface area (Å²) in [5.74, 6) is -0.482. The van der Waals surface area contributed by atoms with Gasteiger partial charge >= 0.3 is 6.03 Å². The van der Waals surface area contributed by atoms with Crippen LogP contribution in [0.15, 0.2) is 0 Å². The molecule has 0 aliphatic heterocycles. The molecule has 0 aromatic carbocycles. The summed E-state index contributed by atoms with van der Waals surface area (Å²) in [7, 11) is 0. The highest BCUT2D eigenvalue weighted by Gasteiger charge is 2.12. The van der Waals surface area contributed by atoms with Crippen molar-refractivity contribution in [2.45, 2.75) is 13.0 Å². The van der Waals surface area contributed by atoms with Crippen molar-refractivity contribution in [2.24, 2.45) is 5.73 Å². The Hall–Kier alpha value is -1.18. The molecule has 0 aliphatic carbocycles. The molecule has 0 radical (unpaired) electrons. The van der Waals surface area contributed by atoms with Crippen LogP contribution in [0.3, 0.4) is 0 Å². The highest BCUT2D eigenvalue weighted by Crippen LogP contribution is 1.81. The normalized spacial score (nSPS) is 12.1. The van der Waals surface area contributed by atoms with Gasteiger partial charge in [-0.2, -0.15) is 0 Å². The molecule has 0 heterocycles. The van der Waals surface area contributed by atoms with Gasteiger partial charge in [0.15, 0.2) is 0 Å². The summed E-state index contributed by atoms with van der Waals surface area (Å²) < 4.78 is 4.96. The van der Waals surface area contributed by atoms with E-state index in [-0.39, 0.29) is 13.2 Å². The number of aliphatic hydroxyl groups excluding tert-OH is 1. The van der Waals surface area contributed by atoms with Crippen molar-refractivity contribution in [1.29, 1.82) is 0 Å². The molecule has 1 unspecified atom stereocenters. The first kappa shape index (κ1) is 13.8. The number of primary amides is 1. The summed E-state index contributed by atoms with van der Waals surface area (Å²) >= 11 is 0. The molecule has 7 nitrogen and oxygen atoms in total. The van der Waals surface area contributed by atoms with Gasteiger partial charge in [0.05, 0.1) is 25.9 Å². The minimum absolute atomic E-state index is 0.0300. The number of nitrogens with two attached hydrogens (primary N) is 1. The fourth-order valence-corrected chi connectivity index (χ4v) is 0.837. The number of rotatable bonds is 7. The summed E-state index contributed by atoms with van der Waals surface area (Å²) in [5.41, 5.74) is 4.77. The van der Waals surface area contributed by atoms with Crippen LogP contribution in [0.1, 0.15) is 6.92 Å². The average molecular weight is 219 g/mol. The lowest BCUT2D eigenvalue weighted by Gasteiger charge is -2.12. The molecular weight excluding hydrogens is 202 g/mol.